The van der Waals surface area contributed by atoms with Crippen molar-refractivity contribution in [3.05, 3.63) is 62.7 Å². The summed E-state index contributed by atoms with van der Waals surface area (Å²) in [5.74, 6) is -0.333. The van der Waals surface area contributed by atoms with Gasteiger partial charge in [-0.1, -0.05) is 17.7 Å². The first-order valence-corrected chi connectivity index (χ1v) is 8.54. The molecule has 1 N–H and O–H groups in total. The highest BCUT2D eigenvalue weighted by Gasteiger charge is 2.25. The van der Waals surface area contributed by atoms with Crippen molar-refractivity contribution in [3.8, 4) is 11.5 Å². The lowest BCUT2D eigenvalue weighted by molar-refractivity contribution is -0.385. The van der Waals surface area contributed by atoms with Gasteiger partial charge in [0.25, 0.3) is 11.6 Å². The van der Waals surface area contributed by atoms with E-state index < -0.39 is 28.6 Å². The fourth-order valence-electron chi connectivity index (χ4n) is 2.49. The molecule has 1 unspecified atom stereocenters. The smallest absolute Gasteiger partial charge is 0.345 e. The van der Waals surface area contributed by atoms with Crippen LogP contribution >= 0.6 is 11.6 Å². The summed E-state index contributed by atoms with van der Waals surface area (Å²) in [5, 5.41) is 13.8. The normalized spacial score (nSPS) is 12.9. The molecule has 0 radical (unpaired) electrons. The maximum Gasteiger partial charge on any atom is 0.345 e. The average Bonchev–Trinajstić information content (AvgIpc) is 3.13. The maximum atomic E-state index is 12.2. The number of hydrogen-bond donors (Lipinski definition) is 1. The first-order chi connectivity index (χ1) is 13.3. The minimum atomic E-state index is -1.16. The number of benzene rings is 2. The number of rotatable bonds is 6. The summed E-state index contributed by atoms with van der Waals surface area (Å²) in [6, 6.07) is 8.78. The van der Waals surface area contributed by atoms with E-state index in [9.17, 15) is 19.7 Å². The van der Waals surface area contributed by atoms with E-state index in [4.69, 9.17) is 25.8 Å². The molecule has 0 fully saturated rings. The number of esters is 1. The zero-order chi connectivity index (χ0) is 20.3. The summed E-state index contributed by atoms with van der Waals surface area (Å²) in [6.07, 6.45) is -1.16. The van der Waals surface area contributed by atoms with Gasteiger partial charge in [-0.05, 0) is 36.8 Å². The third kappa shape index (κ3) is 4.32. The molecule has 9 nitrogen and oxygen atoms in total. The van der Waals surface area contributed by atoms with Gasteiger partial charge in [-0.15, -0.1) is 0 Å². The Bertz CT molecular complexity index is 948. The molecule has 0 aliphatic carbocycles. The Kier molecular flexibility index (Phi) is 5.65. The van der Waals surface area contributed by atoms with Gasteiger partial charge in [0, 0.05) is 17.6 Å². The van der Waals surface area contributed by atoms with E-state index in [1.807, 2.05) is 0 Å². The summed E-state index contributed by atoms with van der Waals surface area (Å²) < 4.78 is 15.5. The highest BCUT2D eigenvalue weighted by molar-refractivity contribution is 6.31. The fraction of sp³-hybridized carbons (Fsp3) is 0.222. The summed E-state index contributed by atoms with van der Waals surface area (Å²) in [7, 11) is 0. The van der Waals surface area contributed by atoms with Crippen molar-refractivity contribution in [3.63, 3.8) is 0 Å². The van der Waals surface area contributed by atoms with Crippen molar-refractivity contribution in [1.82, 2.24) is 5.32 Å². The zero-order valence-corrected chi connectivity index (χ0v) is 15.4. The van der Waals surface area contributed by atoms with Gasteiger partial charge in [0.1, 0.15) is 5.56 Å². The SMILES string of the molecule is CC(OC(=O)c1ccc(Cl)cc1[N+](=O)[O-])C(=O)NCc1ccc2c(c1)OCO2. The lowest BCUT2D eigenvalue weighted by Gasteiger charge is -2.14. The molecule has 28 heavy (non-hydrogen) atoms. The molecule has 3 rings (SSSR count). The monoisotopic (exact) mass is 406 g/mol. The van der Waals surface area contributed by atoms with Gasteiger partial charge in [-0.3, -0.25) is 14.9 Å². The molecular weight excluding hydrogens is 392 g/mol. The predicted octanol–water partition coefficient (Wildman–Crippen LogP) is 2.84. The highest BCUT2D eigenvalue weighted by atomic mass is 35.5. The van der Waals surface area contributed by atoms with Gasteiger partial charge in [-0.2, -0.15) is 0 Å². The Morgan fingerprint density at radius 2 is 2.00 bits per heavy atom. The molecule has 0 saturated heterocycles. The summed E-state index contributed by atoms with van der Waals surface area (Å²) in [5.41, 5.74) is -0.0141. The number of nitro benzene ring substituents is 1. The van der Waals surface area contributed by atoms with E-state index in [-0.39, 0.29) is 23.9 Å². The number of ether oxygens (including phenoxy) is 3. The quantitative estimate of drug-likeness (QED) is 0.445. The van der Waals surface area contributed by atoms with Crippen molar-refractivity contribution >= 4 is 29.2 Å². The molecule has 0 bridgehead atoms. The van der Waals surface area contributed by atoms with Gasteiger partial charge in [0.15, 0.2) is 17.6 Å². The van der Waals surface area contributed by atoms with Crippen LogP contribution in [0.5, 0.6) is 11.5 Å². The second-order valence-electron chi connectivity index (χ2n) is 5.87. The van der Waals surface area contributed by atoms with Gasteiger partial charge in [0.2, 0.25) is 6.79 Å². The van der Waals surface area contributed by atoms with Gasteiger partial charge in [0.05, 0.1) is 4.92 Å². The molecule has 2 aromatic carbocycles. The molecule has 0 aromatic heterocycles. The number of nitrogens with zero attached hydrogens (tertiary/aromatic N) is 1. The fourth-order valence-corrected chi connectivity index (χ4v) is 2.66. The van der Waals surface area contributed by atoms with E-state index in [2.05, 4.69) is 5.32 Å². The van der Waals surface area contributed by atoms with Crippen LogP contribution in [0.3, 0.4) is 0 Å². The number of carbonyl (C=O) groups excluding carboxylic acids is 2. The number of fused-ring (bicyclic) bond motifs is 1. The van der Waals surface area contributed by atoms with Gasteiger partial charge >= 0.3 is 5.97 Å². The van der Waals surface area contributed by atoms with Crippen molar-refractivity contribution in [2.45, 2.75) is 19.6 Å². The van der Waals surface area contributed by atoms with Crippen LogP contribution in [0.4, 0.5) is 5.69 Å². The molecule has 1 heterocycles. The highest BCUT2D eigenvalue weighted by Crippen LogP contribution is 2.32. The van der Waals surface area contributed by atoms with Crippen molar-refractivity contribution in [1.29, 1.82) is 0 Å². The largest absolute Gasteiger partial charge is 0.454 e. The topological polar surface area (TPSA) is 117 Å². The predicted molar refractivity (Wildman–Crippen MR) is 97.4 cm³/mol. The van der Waals surface area contributed by atoms with Crippen LogP contribution < -0.4 is 14.8 Å². The molecule has 1 aliphatic rings. The summed E-state index contributed by atoms with van der Waals surface area (Å²) in [6.45, 7) is 1.70. The Balaban J connectivity index is 1.60. The Morgan fingerprint density at radius 3 is 2.75 bits per heavy atom. The second kappa shape index (κ2) is 8.13. The van der Waals surface area contributed by atoms with Crippen LogP contribution in [0.1, 0.15) is 22.8 Å². The molecule has 0 spiro atoms. The minimum absolute atomic E-state index is 0.109. The molecule has 1 aliphatic heterocycles. The van der Waals surface area contributed by atoms with Crippen molar-refractivity contribution in [2.24, 2.45) is 0 Å². The van der Waals surface area contributed by atoms with Crippen LogP contribution in [0.15, 0.2) is 36.4 Å². The summed E-state index contributed by atoms with van der Waals surface area (Å²) in [4.78, 5) is 34.7. The number of hydrogen-bond acceptors (Lipinski definition) is 7. The number of nitro groups is 1. The lowest BCUT2D eigenvalue weighted by Crippen LogP contribution is -2.35. The lowest BCUT2D eigenvalue weighted by atomic mass is 10.2. The van der Waals surface area contributed by atoms with Gasteiger partial charge in [-0.25, -0.2) is 4.79 Å². The van der Waals surface area contributed by atoms with Crippen LogP contribution in [0, 0.1) is 10.1 Å². The third-order valence-corrected chi connectivity index (χ3v) is 4.17. The Hall–Kier alpha value is -3.33. The van der Waals surface area contributed by atoms with Crippen LogP contribution in [-0.4, -0.2) is 29.7 Å². The van der Waals surface area contributed by atoms with Crippen LogP contribution in [0.25, 0.3) is 0 Å². The second-order valence-corrected chi connectivity index (χ2v) is 6.31. The number of halogens is 1. The van der Waals surface area contributed by atoms with Crippen molar-refractivity contribution < 1.29 is 28.7 Å². The van der Waals surface area contributed by atoms with E-state index in [0.29, 0.717) is 11.5 Å². The first-order valence-electron chi connectivity index (χ1n) is 8.16. The van der Waals surface area contributed by atoms with Crippen LogP contribution in [0.2, 0.25) is 5.02 Å². The summed E-state index contributed by atoms with van der Waals surface area (Å²) >= 11 is 5.72. The van der Waals surface area contributed by atoms with E-state index >= 15 is 0 Å². The number of carbonyl (C=O) groups is 2. The molecule has 1 amide bonds. The first kappa shape index (κ1) is 19.4. The number of nitrogens with one attached hydrogen (secondary N) is 1. The van der Waals surface area contributed by atoms with Gasteiger partial charge < -0.3 is 19.5 Å². The standard InChI is InChI=1S/C18H15ClN2O7/c1-10(28-18(23)13-4-3-12(19)7-14(13)21(24)25)17(22)20-8-11-2-5-15-16(6-11)27-9-26-15/h2-7,10H,8-9H2,1H3,(H,20,22). The molecular formula is C18H15ClN2O7. The molecule has 146 valence electrons. The molecule has 2 aromatic rings. The molecule has 10 heteroatoms. The Morgan fingerprint density at radius 1 is 1.25 bits per heavy atom. The number of amides is 1. The maximum absolute atomic E-state index is 12.2. The zero-order valence-electron chi connectivity index (χ0n) is 14.6. The molecule has 1 atom stereocenters. The van der Waals surface area contributed by atoms with E-state index in [1.54, 1.807) is 18.2 Å². The minimum Gasteiger partial charge on any atom is -0.454 e. The average molecular weight is 407 g/mol. The van der Waals surface area contributed by atoms with E-state index in [0.717, 1.165) is 11.6 Å². The van der Waals surface area contributed by atoms with E-state index in [1.165, 1.54) is 19.1 Å². The Labute approximate surface area is 164 Å². The van der Waals surface area contributed by atoms with Crippen molar-refractivity contribution in [2.75, 3.05) is 6.79 Å². The third-order valence-electron chi connectivity index (χ3n) is 3.93. The van der Waals surface area contributed by atoms with Crippen LogP contribution in [-0.2, 0) is 16.1 Å². The molecule has 0 saturated carbocycles.